The van der Waals surface area contributed by atoms with Crippen LogP contribution in [-0.2, 0) is 28.6 Å². The molecule has 0 spiro atoms. The fourth-order valence-corrected chi connectivity index (χ4v) is 2.11. The highest BCUT2D eigenvalue weighted by atomic mass is 16.6. The number of hydrogen-bond acceptors (Lipinski definition) is 7. The Labute approximate surface area is 161 Å². The normalized spacial score (nSPS) is 11.4. The van der Waals surface area contributed by atoms with Gasteiger partial charge in [-0.05, 0) is 33.1 Å². The van der Waals surface area contributed by atoms with E-state index in [1.807, 2.05) is 13.8 Å². The molecule has 8 nitrogen and oxygen atoms in total. The Hall–Kier alpha value is -2.22. The van der Waals surface area contributed by atoms with Crippen LogP contribution in [0.3, 0.4) is 0 Å². The number of carbonyl (C=O) groups excluding carboxylic acids is 3. The summed E-state index contributed by atoms with van der Waals surface area (Å²) >= 11 is 0. The second kappa shape index (κ2) is 14.9. The van der Waals surface area contributed by atoms with Crippen LogP contribution in [0, 0.1) is 5.41 Å². The minimum Gasteiger partial charge on any atom is -0.463 e. The zero-order valence-electron chi connectivity index (χ0n) is 16.8. The molecule has 8 heteroatoms. The van der Waals surface area contributed by atoms with E-state index in [0.717, 1.165) is 11.3 Å². The number of esters is 2. The van der Waals surface area contributed by atoms with Gasteiger partial charge >= 0.3 is 11.9 Å². The van der Waals surface area contributed by atoms with Crippen molar-refractivity contribution >= 4 is 23.6 Å². The maximum Gasteiger partial charge on any atom is 0.306 e. The molecule has 0 heterocycles. The van der Waals surface area contributed by atoms with E-state index in [9.17, 15) is 14.4 Å². The number of hydrogen-bond donors (Lipinski definition) is 2. The van der Waals surface area contributed by atoms with Crippen LogP contribution < -0.4 is 5.32 Å². The van der Waals surface area contributed by atoms with Crippen LogP contribution in [0.4, 0.5) is 0 Å². The summed E-state index contributed by atoms with van der Waals surface area (Å²) in [6.45, 7) is 7.64. The van der Waals surface area contributed by atoms with Crippen LogP contribution >= 0.6 is 0 Å². The fourth-order valence-electron chi connectivity index (χ4n) is 2.11. The zero-order chi connectivity index (χ0) is 20.7. The van der Waals surface area contributed by atoms with E-state index in [1.54, 1.807) is 6.92 Å². The Bertz CT molecular complexity index is 542. The van der Waals surface area contributed by atoms with Crippen molar-refractivity contribution in [1.82, 2.24) is 5.32 Å². The van der Waals surface area contributed by atoms with Gasteiger partial charge in [0, 0.05) is 24.8 Å². The quantitative estimate of drug-likeness (QED) is 0.270. The topological polar surface area (TPSA) is 115 Å². The Morgan fingerprint density at radius 1 is 0.815 bits per heavy atom. The van der Waals surface area contributed by atoms with E-state index < -0.39 is 0 Å². The maximum atomic E-state index is 11.7. The summed E-state index contributed by atoms with van der Waals surface area (Å²) in [6, 6.07) is 0. The van der Waals surface area contributed by atoms with Crippen molar-refractivity contribution in [3.8, 4) is 0 Å². The molecule has 0 fully saturated rings. The summed E-state index contributed by atoms with van der Waals surface area (Å²) < 4.78 is 15.2. The monoisotopic (exact) mass is 384 g/mol. The molecule has 0 aliphatic rings. The van der Waals surface area contributed by atoms with Gasteiger partial charge < -0.3 is 24.9 Å². The van der Waals surface area contributed by atoms with E-state index in [0.29, 0.717) is 25.0 Å². The molecule has 27 heavy (non-hydrogen) atoms. The molecule has 0 radical (unpaired) electrons. The molecular formula is C19H32N2O6. The van der Waals surface area contributed by atoms with Crippen LogP contribution in [0.15, 0.2) is 11.3 Å². The van der Waals surface area contributed by atoms with Gasteiger partial charge in [0.25, 0.3) is 0 Å². The van der Waals surface area contributed by atoms with Gasteiger partial charge in [0.05, 0.1) is 19.6 Å². The van der Waals surface area contributed by atoms with E-state index >= 15 is 0 Å². The molecule has 0 aliphatic heterocycles. The number of amides is 1. The van der Waals surface area contributed by atoms with Gasteiger partial charge in [-0.2, -0.15) is 0 Å². The molecule has 0 aliphatic carbocycles. The molecule has 1 amide bonds. The first-order valence-electron chi connectivity index (χ1n) is 9.15. The third-order valence-electron chi connectivity index (χ3n) is 3.59. The number of nitrogens with one attached hydrogen (secondary N) is 2. The highest BCUT2D eigenvalue weighted by Gasteiger charge is 2.08. The van der Waals surface area contributed by atoms with Crippen molar-refractivity contribution in [2.75, 3.05) is 26.4 Å². The lowest BCUT2D eigenvalue weighted by molar-refractivity contribution is -0.146. The Balaban J connectivity index is 3.77. The van der Waals surface area contributed by atoms with Crippen molar-refractivity contribution in [3.05, 3.63) is 11.3 Å². The average molecular weight is 384 g/mol. The van der Waals surface area contributed by atoms with Gasteiger partial charge in [-0.15, -0.1) is 0 Å². The van der Waals surface area contributed by atoms with Gasteiger partial charge in [-0.1, -0.05) is 12.5 Å². The summed E-state index contributed by atoms with van der Waals surface area (Å²) in [6.07, 6.45) is 2.05. The second-order valence-electron chi connectivity index (χ2n) is 6.13. The summed E-state index contributed by atoms with van der Waals surface area (Å²) in [4.78, 5) is 34.1. The predicted octanol–water partition coefficient (Wildman–Crippen LogP) is 2.51. The molecule has 2 N–H and O–H groups in total. The highest BCUT2D eigenvalue weighted by molar-refractivity contribution is 5.83. The lowest BCUT2D eigenvalue weighted by atomic mass is 10.1. The summed E-state index contributed by atoms with van der Waals surface area (Å²) in [5.41, 5.74) is 2.24. The second-order valence-corrected chi connectivity index (χ2v) is 6.13. The third-order valence-corrected chi connectivity index (χ3v) is 3.59. The van der Waals surface area contributed by atoms with Gasteiger partial charge in [0.1, 0.15) is 13.2 Å². The molecule has 0 rings (SSSR count). The van der Waals surface area contributed by atoms with Crippen molar-refractivity contribution < 1.29 is 28.6 Å². The molecule has 0 aromatic rings. The van der Waals surface area contributed by atoms with Gasteiger partial charge in [-0.3, -0.25) is 14.4 Å². The summed E-state index contributed by atoms with van der Waals surface area (Å²) in [5, 5.41) is 10.00. The predicted molar refractivity (Wildman–Crippen MR) is 101 cm³/mol. The van der Waals surface area contributed by atoms with Crippen LogP contribution in [-0.4, -0.2) is 50.0 Å². The SMILES string of the molecule is CC/C(NC(C)=O)=C(/C)CCC(=O)OCCOCCOC(=O)CCC(C)=N. The van der Waals surface area contributed by atoms with E-state index in [-0.39, 0.29) is 57.1 Å². The molecule has 0 unspecified atom stereocenters. The summed E-state index contributed by atoms with van der Waals surface area (Å²) in [7, 11) is 0. The fraction of sp³-hybridized carbons (Fsp3) is 0.684. The third kappa shape index (κ3) is 14.6. The largest absolute Gasteiger partial charge is 0.463 e. The molecule has 0 saturated heterocycles. The van der Waals surface area contributed by atoms with E-state index in [1.165, 1.54) is 6.92 Å². The number of ether oxygens (including phenoxy) is 3. The average Bonchev–Trinajstić information content (AvgIpc) is 2.61. The first kappa shape index (κ1) is 24.8. The van der Waals surface area contributed by atoms with Crippen LogP contribution in [0.5, 0.6) is 0 Å². The van der Waals surface area contributed by atoms with E-state index in [4.69, 9.17) is 19.6 Å². The van der Waals surface area contributed by atoms with Crippen molar-refractivity contribution in [2.45, 2.75) is 59.8 Å². The first-order valence-corrected chi connectivity index (χ1v) is 9.15. The Morgan fingerprint density at radius 3 is 1.78 bits per heavy atom. The van der Waals surface area contributed by atoms with Crippen molar-refractivity contribution in [1.29, 1.82) is 5.41 Å². The lowest BCUT2D eigenvalue weighted by Gasteiger charge is -2.11. The van der Waals surface area contributed by atoms with Gasteiger partial charge in [0.15, 0.2) is 0 Å². The van der Waals surface area contributed by atoms with E-state index in [2.05, 4.69) is 5.32 Å². The maximum absolute atomic E-state index is 11.7. The van der Waals surface area contributed by atoms with Crippen LogP contribution in [0.2, 0.25) is 0 Å². The molecule has 154 valence electrons. The van der Waals surface area contributed by atoms with Crippen molar-refractivity contribution in [2.24, 2.45) is 0 Å². The Morgan fingerprint density at radius 2 is 1.33 bits per heavy atom. The molecule has 0 bridgehead atoms. The molecule has 0 atom stereocenters. The lowest BCUT2D eigenvalue weighted by Crippen LogP contribution is -2.20. The van der Waals surface area contributed by atoms with Crippen molar-refractivity contribution in [3.63, 3.8) is 0 Å². The molecule has 0 aromatic carbocycles. The van der Waals surface area contributed by atoms with Gasteiger partial charge in [0.2, 0.25) is 5.91 Å². The number of allylic oxidation sites excluding steroid dienone is 2. The molecular weight excluding hydrogens is 352 g/mol. The van der Waals surface area contributed by atoms with Crippen LogP contribution in [0.1, 0.15) is 59.8 Å². The van der Waals surface area contributed by atoms with Crippen LogP contribution in [0.25, 0.3) is 0 Å². The molecule has 0 saturated carbocycles. The number of carbonyl (C=O) groups is 3. The summed E-state index contributed by atoms with van der Waals surface area (Å²) in [5.74, 6) is -0.808. The molecule has 0 aromatic heterocycles. The van der Waals surface area contributed by atoms with Gasteiger partial charge in [-0.25, -0.2) is 0 Å². The highest BCUT2D eigenvalue weighted by Crippen LogP contribution is 2.12. The smallest absolute Gasteiger partial charge is 0.306 e. The Kier molecular flexibility index (Phi) is 13.7. The first-order chi connectivity index (χ1) is 12.8. The minimum atomic E-state index is -0.356. The minimum absolute atomic E-state index is 0.124. The number of rotatable bonds is 14. The standard InChI is InChI=1S/C19H32N2O6/c1-5-17(21-16(4)22)14(2)6-8-18(23)26-12-10-25-11-13-27-19(24)9-7-15(3)20/h20H,5-13H2,1-4H3,(H,21,22)/b17-14+,20-15?. The zero-order valence-corrected chi connectivity index (χ0v) is 16.8.